The van der Waals surface area contributed by atoms with Crippen LogP contribution in [0.5, 0.6) is 0 Å². The van der Waals surface area contributed by atoms with E-state index in [1.54, 1.807) is 0 Å². The van der Waals surface area contributed by atoms with Crippen LogP contribution in [0.4, 0.5) is 0 Å². The SMILES string of the molecule is NCCC(O)c1c(Cl)nc2n1CCCC2. The molecule has 1 unspecified atom stereocenters. The lowest BCUT2D eigenvalue weighted by Gasteiger charge is -2.18. The van der Waals surface area contributed by atoms with Crippen LogP contribution in [0.15, 0.2) is 0 Å². The molecule has 1 aromatic heterocycles. The summed E-state index contributed by atoms with van der Waals surface area (Å²) in [5, 5.41) is 10.4. The Morgan fingerprint density at radius 3 is 3.07 bits per heavy atom. The molecule has 0 saturated heterocycles. The normalized spacial score (nSPS) is 17.5. The number of fused-ring (bicyclic) bond motifs is 1. The van der Waals surface area contributed by atoms with Gasteiger partial charge in [-0.05, 0) is 25.8 Å². The molecule has 0 fully saturated rings. The molecule has 0 aliphatic carbocycles. The number of rotatable bonds is 3. The number of imidazole rings is 1. The van der Waals surface area contributed by atoms with E-state index in [0.29, 0.717) is 18.1 Å². The summed E-state index contributed by atoms with van der Waals surface area (Å²) in [5.41, 5.74) is 6.18. The lowest BCUT2D eigenvalue weighted by Crippen LogP contribution is -2.16. The minimum Gasteiger partial charge on any atom is -0.387 e. The van der Waals surface area contributed by atoms with Crippen LogP contribution in [-0.4, -0.2) is 21.2 Å². The first-order valence-electron chi connectivity index (χ1n) is 5.37. The third-order valence-corrected chi connectivity index (χ3v) is 3.11. The Labute approximate surface area is 94.1 Å². The first kappa shape index (κ1) is 10.9. The van der Waals surface area contributed by atoms with Crippen molar-refractivity contribution in [2.24, 2.45) is 5.73 Å². The highest BCUT2D eigenvalue weighted by molar-refractivity contribution is 6.30. The van der Waals surface area contributed by atoms with Crippen LogP contribution in [0.3, 0.4) is 0 Å². The molecule has 1 aliphatic rings. The maximum atomic E-state index is 9.92. The molecule has 15 heavy (non-hydrogen) atoms. The van der Waals surface area contributed by atoms with E-state index in [4.69, 9.17) is 17.3 Å². The summed E-state index contributed by atoms with van der Waals surface area (Å²) < 4.78 is 2.05. The van der Waals surface area contributed by atoms with E-state index in [0.717, 1.165) is 37.3 Å². The Kier molecular flexibility index (Phi) is 3.29. The summed E-state index contributed by atoms with van der Waals surface area (Å²) in [6, 6.07) is 0. The number of hydrogen-bond donors (Lipinski definition) is 2. The molecule has 0 spiro atoms. The highest BCUT2D eigenvalue weighted by atomic mass is 35.5. The van der Waals surface area contributed by atoms with Crippen molar-refractivity contribution in [3.05, 3.63) is 16.7 Å². The fraction of sp³-hybridized carbons (Fsp3) is 0.700. The van der Waals surface area contributed by atoms with Crippen LogP contribution >= 0.6 is 11.6 Å². The molecule has 0 saturated carbocycles. The van der Waals surface area contributed by atoms with Crippen molar-refractivity contribution in [3.63, 3.8) is 0 Å². The van der Waals surface area contributed by atoms with Gasteiger partial charge in [-0.15, -0.1) is 0 Å². The van der Waals surface area contributed by atoms with Crippen LogP contribution < -0.4 is 5.73 Å². The van der Waals surface area contributed by atoms with Gasteiger partial charge in [0.25, 0.3) is 0 Å². The molecule has 0 radical (unpaired) electrons. The van der Waals surface area contributed by atoms with E-state index in [1.807, 2.05) is 4.57 Å². The third kappa shape index (κ3) is 2.02. The van der Waals surface area contributed by atoms with Crippen molar-refractivity contribution >= 4 is 11.6 Å². The van der Waals surface area contributed by atoms with Gasteiger partial charge < -0.3 is 15.4 Å². The Morgan fingerprint density at radius 2 is 2.33 bits per heavy atom. The molecule has 2 heterocycles. The maximum Gasteiger partial charge on any atom is 0.153 e. The van der Waals surface area contributed by atoms with Gasteiger partial charge in [-0.25, -0.2) is 4.98 Å². The fourth-order valence-corrected chi connectivity index (χ4v) is 2.41. The number of nitrogens with zero attached hydrogens (tertiary/aromatic N) is 2. The molecule has 5 heteroatoms. The van der Waals surface area contributed by atoms with Crippen molar-refractivity contribution < 1.29 is 5.11 Å². The van der Waals surface area contributed by atoms with Gasteiger partial charge in [0.05, 0.1) is 11.8 Å². The van der Waals surface area contributed by atoms with Gasteiger partial charge in [-0.1, -0.05) is 11.6 Å². The van der Waals surface area contributed by atoms with Gasteiger partial charge in [-0.3, -0.25) is 0 Å². The van der Waals surface area contributed by atoms with Crippen LogP contribution in [0.25, 0.3) is 0 Å². The zero-order chi connectivity index (χ0) is 10.8. The number of hydrogen-bond acceptors (Lipinski definition) is 3. The van der Waals surface area contributed by atoms with Crippen LogP contribution in [0.1, 0.15) is 36.9 Å². The summed E-state index contributed by atoms with van der Waals surface area (Å²) in [6.45, 7) is 1.37. The first-order chi connectivity index (χ1) is 7.24. The minimum absolute atomic E-state index is 0.438. The van der Waals surface area contributed by atoms with Gasteiger partial charge in [0.2, 0.25) is 0 Å². The van der Waals surface area contributed by atoms with Crippen molar-refractivity contribution in [1.29, 1.82) is 0 Å². The van der Waals surface area contributed by atoms with Crippen molar-refractivity contribution in [2.75, 3.05) is 6.54 Å². The summed E-state index contributed by atoms with van der Waals surface area (Å²) >= 11 is 6.03. The molecule has 1 aliphatic heterocycles. The molecule has 1 atom stereocenters. The van der Waals surface area contributed by atoms with Crippen LogP contribution in [0, 0.1) is 0 Å². The van der Waals surface area contributed by atoms with Crippen molar-refractivity contribution in [1.82, 2.24) is 9.55 Å². The summed E-state index contributed by atoms with van der Waals surface area (Å²) in [7, 11) is 0. The zero-order valence-corrected chi connectivity index (χ0v) is 9.37. The molecule has 4 nitrogen and oxygen atoms in total. The average molecular weight is 230 g/mol. The summed E-state index contributed by atoms with van der Waals surface area (Å²) in [6.07, 6.45) is 3.18. The highest BCUT2D eigenvalue weighted by Crippen LogP contribution is 2.29. The minimum atomic E-state index is -0.582. The van der Waals surface area contributed by atoms with E-state index in [1.165, 1.54) is 0 Å². The fourth-order valence-electron chi connectivity index (χ4n) is 2.09. The summed E-state index contributed by atoms with van der Waals surface area (Å²) in [4.78, 5) is 4.28. The molecule has 0 aromatic carbocycles. The Morgan fingerprint density at radius 1 is 1.53 bits per heavy atom. The Balaban J connectivity index is 2.32. The van der Waals surface area contributed by atoms with Gasteiger partial charge in [0.1, 0.15) is 5.82 Å². The monoisotopic (exact) mass is 229 g/mol. The summed E-state index contributed by atoms with van der Waals surface area (Å²) in [5.74, 6) is 0.998. The third-order valence-electron chi connectivity index (χ3n) is 2.83. The van der Waals surface area contributed by atoms with E-state index >= 15 is 0 Å². The number of aliphatic hydroxyl groups is 1. The second-order valence-corrected chi connectivity index (χ2v) is 4.26. The van der Waals surface area contributed by atoms with Crippen molar-refractivity contribution in [3.8, 4) is 0 Å². The van der Waals surface area contributed by atoms with Gasteiger partial charge in [0, 0.05) is 13.0 Å². The Hall–Kier alpha value is -0.580. The molecule has 3 N–H and O–H groups in total. The maximum absolute atomic E-state index is 9.92. The lowest BCUT2D eigenvalue weighted by atomic mass is 10.1. The molecular weight excluding hydrogens is 214 g/mol. The molecule has 0 amide bonds. The van der Waals surface area contributed by atoms with Gasteiger partial charge in [0.15, 0.2) is 5.15 Å². The predicted octanol–water partition coefficient (Wildman–Crippen LogP) is 1.26. The average Bonchev–Trinajstić information content (AvgIpc) is 2.54. The highest BCUT2D eigenvalue weighted by Gasteiger charge is 2.23. The van der Waals surface area contributed by atoms with E-state index in [-0.39, 0.29) is 0 Å². The zero-order valence-electron chi connectivity index (χ0n) is 8.62. The van der Waals surface area contributed by atoms with E-state index in [9.17, 15) is 5.11 Å². The Bertz CT molecular complexity index is 351. The van der Waals surface area contributed by atoms with Gasteiger partial charge >= 0.3 is 0 Å². The molecule has 0 bridgehead atoms. The number of aliphatic hydroxyl groups excluding tert-OH is 1. The standard InChI is InChI=1S/C10H16ClN3O/c11-10-9(7(15)4-5-12)14-6-2-1-3-8(14)13-10/h7,15H,1-6,12H2. The second kappa shape index (κ2) is 4.51. The predicted molar refractivity (Wildman–Crippen MR) is 58.8 cm³/mol. The lowest BCUT2D eigenvalue weighted by molar-refractivity contribution is 0.159. The van der Waals surface area contributed by atoms with Crippen molar-refractivity contribution in [2.45, 2.75) is 38.3 Å². The molecule has 2 rings (SSSR count). The largest absolute Gasteiger partial charge is 0.387 e. The first-order valence-corrected chi connectivity index (χ1v) is 5.74. The quantitative estimate of drug-likeness (QED) is 0.820. The number of halogens is 1. The van der Waals surface area contributed by atoms with Crippen LogP contribution in [0.2, 0.25) is 5.15 Å². The number of aryl methyl sites for hydroxylation is 1. The van der Waals surface area contributed by atoms with E-state index in [2.05, 4.69) is 4.98 Å². The molecule has 84 valence electrons. The molecule has 1 aromatic rings. The smallest absolute Gasteiger partial charge is 0.153 e. The van der Waals surface area contributed by atoms with Gasteiger partial charge in [-0.2, -0.15) is 0 Å². The number of nitrogens with two attached hydrogens (primary N) is 1. The second-order valence-electron chi connectivity index (χ2n) is 3.91. The number of aromatic nitrogens is 2. The molecular formula is C10H16ClN3O. The van der Waals surface area contributed by atoms with Crippen LogP contribution in [-0.2, 0) is 13.0 Å². The van der Waals surface area contributed by atoms with E-state index < -0.39 is 6.10 Å². The topological polar surface area (TPSA) is 64.1 Å².